The molecule has 0 saturated heterocycles. The van der Waals surface area contributed by atoms with E-state index in [1.54, 1.807) is 6.07 Å². The van der Waals surface area contributed by atoms with Gasteiger partial charge in [-0.1, -0.05) is 0 Å². The van der Waals surface area contributed by atoms with Gasteiger partial charge >= 0.3 is 0 Å². The van der Waals surface area contributed by atoms with Crippen LogP contribution in [0.25, 0.3) is 0 Å². The number of hydrogen-bond donors (Lipinski definition) is 2. The molecule has 0 saturated carbocycles. The van der Waals surface area contributed by atoms with Crippen LogP contribution in [0.4, 0.5) is 5.69 Å². The molecule has 0 radical (unpaired) electrons. The number of ether oxygens (including phenoxy) is 1. The van der Waals surface area contributed by atoms with Crippen LogP contribution in [0, 0.1) is 14.9 Å². The molecule has 3 rings (SSSR count). The van der Waals surface area contributed by atoms with Crippen molar-refractivity contribution >= 4 is 17.9 Å². The second-order valence-electron chi connectivity index (χ2n) is 5.58. The van der Waals surface area contributed by atoms with Crippen molar-refractivity contribution in [1.82, 2.24) is 14.9 Å². The van der Waals surface area contributed by atoms with Gasteiger partial charge in [-0.05, 0) is 18.3 Å². The zero-order valence-electron chi connectivity index (χ0n) is 13.0. The fourth-order valence-corrected chi connectivity index (χ4v) is 3.08. The first-order valence-electron chi connectivity index (χ1n) is 7.36. The molecule has 1 aliphatic rings. The number of fused-ring (bicyclic) bond motifs is 1. The van der Waals surface area contributed by atoms with Gasteiger partial charge in [0.05, 0.1) is 23.7 Å². The van der Waals surface area contributed by atoms with Crippen molar-refractivity contribution in [2.45, 2.75) is 19.5 Å². The summed E-state index contributed by atoms with van der Waals surface area (Å²) >= 11 is 4.99. The number of hydrogen-bond acceptors (Lipinski definition) is 6. The highest BCUT2D eigenvalue weighted by Gasteiger charge is 2.21. The SMILES string of the molecule is COc1cc([N+](=O)[O-])ccc1CN1CCc2[nH]c(=S)[nH]c(=O)c2C1. The number of H-pyrrole nitrogens is 2. The predicted octanol–water partition coefficient (Wildman–Crippen LogP) is 1.91. The third-order valence-corrected chi connectivity index (χ3v) is 4.27. The summed E-state index contributed by atoms with van der Waals surface area (Å²) in [4.78, 5) is 30.2. The van der Waals surface area contributed by atoms with Crippen LogP contribution >= 0.6 is 12.2 Å². The van der Waals surface area contributed by atoms with E-state index in [4.69, 9.17) is 17.0 Å². The lowest BCUT2D eigenvalue weighted by molar-refractivity contribution is -0.384. The van der Waals surface area contributed by atoms with Crippen molar-refractivity contribution in [3.63, 3.8) is 0 Å². The molecular formula is C15H16N4O4S. The van der Waals surface area contributed by atoms with Crippen LogP contribution in [-0.4, -0.2) is 33.4 Å². The van der Waals surface area contributed by atoms with E-state index in [2.05, 4.69) is 14.9 Å². The summed E-state index contributed by atoms with van der Waals surface area (Å²) in [5.74, 6) is 0.469. The minimum atomic E-state index is -0.453. The average molecular weight is 348 g/mol. The number of rotatable bonds is 4. The van der Waals surface area contributed by atoms with Crippen molar-refractivity contribution in [1.29, 1.82) is 0 Å². The van der Waals surface area contributed by atoms with Crippen LogP contribution in [0.2, 0.25) is 0 Å². The molecule has 0 aliphatic carbocycles. The van der Waals surface area contributed by atoms with E-state index in [1.807, 2.05) is 0 Å². The first-order chi connectivity index (χ1) is 11.5. The lowest BCUT2D eigenvalue weighted by Gasteiger charge is -2.28. The van der Waals surface area contributed by atoms with Gasteiger partial charge in [0.1, 0.15) is 5.75 Å². The van der Waals surface area contributed by atoms with Gasteiger partial charge in [-0.2, -0.15) is 0 Å². The highest BCUT2D eigenvalue weighted by atomic mass is 32.1. The van der Waals surface area contributed by atoms with Gasteiger partial charge in [0, 0.05) is 43.4 Å². The van der Waals surface area contributed by atoms with Crippen molar-refractivity contribution in [2.24, 2.45) is 0 Å². The summed E-state index contributed by atoms with van der Waals surface area (Å²) in [6.07, 6.45) is 0.693. The molecule has 0 unspecified atom stereocenters. The standard InChI is InChI=1S/C15H16N4O4S/c1-23-13-6-10(19(21)22)3-2-9(13)7-18-5-4-12-11(8-18)14(20)17-15(24)16-12/h2-3,6H,4-5,7-8H2,1H3,(H2,16,17,20,24). The average Bonchev–Trinajstić information content (AvgIpc) is 2.55. The molecule has 126 valence electrons. The highest BCUT2D eigenvalue weighted by molar-refractivity contribution is 7.71. The number of nitrogens with one attached hydrogen (secondary N) is 2. The minimum absolute atomic E-state index is 0.0105. The second-order valence-corrected chi connectivity index (χ2v) is 5.99. The third-order valence-electron chi connectivity index (χ3n) is 4.07. The summed E-state index contributed by atoms with van der Waals surface area (Å²) in [5, 5.41) is 10.9. The molecule has 1 aliphatic heterocycles. The molecule has 0 spiro atoms. The van der Waals surface area contributed by atoms with Crippen LogP contribution < -0.4 is 10.3 Å². The number of methoxy groups -OCH3 is 1. The normalized spacial score (nSPS) is 14.2. The van der Waals surface area contributed by atoms with E-state index in [9.17, 15) is 14.9 Å². The molecule has 8 nitrogen and oxygen atoms in total. The first kappa shape index (κ1) is 16.3. The molecular weight excluding hydrogens is 332 g/mol. The molecule has 0 atom stereocenters. The molecule has 0 amide bonds. The molecule has 9 heteroatoms. The largest absolute Gasteiger partial charge is 0.496 e. The fraction of sp³-hybridized carbons (Fsp3) is 0.333. The molecule has 24 heavy (non-hydrogen) atoms. The van der Waals surface area contributed by atoms with Crippen LogP contribution in [0.15, 0.2) is 23.0 Å². The molecule has 0 bridgehead atoms. The Balaban J connectivity index is 1.84. The smallest absolute Gasteiger partial charge is 0.273 e. The molecule has 1 aromatic heterocycles. The molecule has 0 fully saturated rings. The van der Waals surface area contributed by atoms with Gasteiger partial charge in [-0.15, -0.1) is 0 Å². The summed E-state index contributed by atoms with van der Waals surface area (Å²) < 4.78 is 5.60. The number of nitrogens with zero attached hydrogens (tertiary/aromatic N) is 2. The number of nitro benzene ring substituents is 1. The molecule has 1 aromatic carbocycles. The van der Waals surface area contributed by atoms with Crippen LogP contribution in [0.3, 0.4) is 0 Å². The molecule has 2 aromatic rings. The van der Waals surface area contributed by atoms with Crippen molar-refractivity contribution < 1.29 is 9.66 Å². The highest BCUT2D eigenvalue weighted by Crippen LogP contribution is 2.27. The van der Waals surface area contributed by atoms with Gasteiger partial charge in [-0.3, -0.25) is 24.8 Å². The van der Waals surface area contributed by atoms with Gasteiger partial charge in [0.15, 0.2) is 4.77 Å². The summed E-state index contributed by atoms with van der Waals surface area (Å²) in [6.45, 7) is 1.77. The number of aromatic amines is 2. The Morgan fingerprint density at radius 1 is 1.42 bits per heavy atom. The van der Waals surface area contributed by atoms with Gasteiger partial charge in [0.2, 0.25) is 0 Å². The van der Waals surface area contributed by atoms with E-state index in [0.29, 0.717) is 35.6 Å². The monoisotopic (exact) mass is 348 g/mol. The quantitative estimate of drug-likeness (QED) is 0.497. The van der Waals surface area contributed by atoms with E-state index >= 15 is 0 Å². The molecule has 2 N–H and O–H groups in total. The maximum atomic E-state index is 12.1. The number of nitro groups is 1. The van der Waals surface area contributed by atoms with Gasteiger partial charge in [-0.25, -0.2) is 0 Å². The maximum absolute atomic E-state index is 12.1. The Kier molecular flexibility index (Phi) is 4.45. The zero-order chi connectivity index (χ0) is 17.3. The predicted molar refractivity (Wildman–Crippen MR) is 89.7 cm³/mol. The van der Waals surface area contributed by atoms with E-state index < -0.39 is 4.92 Å². The summed E-state index contributed by atoms with van der Waals surface area (Å²) in [5.41, 5.74) is 2.20. The lowest BCUT2D eigenvalue weighted by Crippen LogP contribution is -2.35. The second kappa shape index (κ2) is 6.54. The van der Waals surface area contributed by atoms with Crippen LogP contribution in [-0.2, 0) is 19.5 Å². The summed E-state index contributed by atoms with van der Waals surface area (Å²) in [7, 11) is 1.48. The van der Waals surface area contributed by atoms with E-state index in [0.717, 1.165) is 17.8 Å². The topological polar surface area (TPSA) is 104 Å². The third kappa shape index (κ3) is 3.22. The Bertz CT molecular complexity index is 905. The van der Waals surface area contributed by atoms with E-state index in [-0.39, 0.29) is 11.2 Å². The van der Waals surface area contributed by atoms with Crippen LogP contribution in [0.5, 0.6) is 5.75 Å². The Morgan fingerprint density at radius 2 is 2.21 bits per heavy atom. The van der Waals surface area contributed by atoms with Crippen molar-refractivity contribution in [3.8, 4) is 5.75 Å². The van der Waals surface area contributed by atoms with E-state index in [1.165, 1.54) is 19.2 Å². The Morgan fingerprint density at radius 3 is 2.92 bits per heavy atom. The number of aromatic nitrogens is 2. The van der Waals surface area contributed by atoms with Gasteiger partial charge in [0.25, 0.3) is 11.2 Å². The Labute approximate surface area is 142 Å². The number of non-ortho nitro benzene ring substituents is 1. The fourth-order valence-electron chi connectivity index (χ4n) is 2.87. The van der Waals surface area contributed by atoms with Crippen LogP contribution in [0.1, 0.15) is 16.8 Å². The van der Waals surface area contributed by atoms with Gasteiger partial charge < -0.3 is 9.72 Å². The maximum Gasteiger partial charge on any atom is 0.273 e. The summed E-state index contributed by atoms with van der Waals surface area (Å²) in [6, 6.07) is 4.56. The Hall–Kier alpha value is -2.52. The zero-order valence-corrected chi connectivity index (χ0v) is 13.8. The first-order valence-corrected chi connectivity index (χ1v) is 7.77. The molecule has 2 heterocycles. The van der Waals surface area contributed by atoms with Crippen molar-refractivity contribution in [3.05, 3.63) is 60.3 Å². The number of benzene rings is 1. The minimum Gasteiger partial charge on any atom is -0.496 e. The van der Waals surface area contributed by atoms with Crippen molar-refractivity contribution in [2.75, 3.05) is 13.7 Å². The lowest BCUT2D eigenvalue weighted by atomic mass is 10.1.